The zero-order valence-corrected chi connectivity index (χ0v) is 32.6. The van der Waals surface area contributed by atoms with Gasteiger partial charge in [-0.1, -0.05) is 182 Å². The van der Waals surface area contributed by atoms with E-state index >= 15 is 0 Å². The zero-order chi connectivity index (χ0) is 36.6. The van der Waals surface area contributed by atoms with Crippen LogP contribution in [0.5, 0.6) is 0 Å². The summed E-state index contributed by atoms with van der Waals surface area (Å²) in [4.78, 5) is 0. The monoisotopic (exact) mass is 694 g/mol. The molecule has 260 valence electrons. The Hall–Kier alpha value is -4.97. The van der Waals surface area contributed by atoms with Gasteiger partial charge in [0, 0.05) is 7.92 Å². The van der Waals surface area contributed by atoms with Gasteiger partial charge in [0.25, 0.3) is 0 Å². The molecule has 52 heavy (non-hydrogen) atoms. The second kappa shape index (κ2) is 16.1. The standard InChI is InChI=1S/C26H31P.C24H20B/c1-25(2,3)27(26(4,5)6)24-18-22(20-13-9-7-10-14-20)17-23(19-24)21-15-11-8-12-16-21;1-5-13-21(14-6-1)25(22-15-7-2-8-16-22,23-17-9-3-10-18-23)24-19-11-4-12-20-24/h7-19H,1-6H3;1-20H/q;-1/p+1. The minimum absolute atomic E-state index is 0.284. The highest BCUT2D eigenvalue weighted by molar-refractivity contribution is 7.68. The van der Waals surface area contributed by atoms with Crippen LogP contribution in [0.2, 0.25) is 0 Å². The van der Waals surface area contributed by atoms with Crippen LogP contribution >= 0.6 is 7.92 Å². The molecule has 0 aliphatic carbocycles. The van der Waals surface area contributed by atoms with Crippen LogP contribution in [-0.2, 0) is 0 Å². The molecule has 0 saturated carbocycles. The summed E-state index contributed by atoms with van der Waals surface area (Å²) in [6.07, 6.45) is -1.22. The van der Waals surface area contributed by atoms with Gasteiger partial charge >= 0.3 is 0 Å². The van der Waals surface area contributed by atoms with Gasteiger partial charge in [0.05, 0.1) is 15.6 Å². The first-order valence-corrected chi connectivity index (χ1v) is 20.1. The van der Waals surface area contributed by atoms with Crippen molar-refractivity contribution < 1.29 is 0 Å². The Kier molecular flexibility index (Phi) is 11.4. The molecule has 0 radical (unpaired) electrons. The van der Waals surface area contributed by atoms with E-state index in [9.17, 15) is 0 Å². The summed E-state index contributed by atoms with van der Waals surface area (Å²) < 4.78 is 0. The lowest BCUT2D eigenvalue weighted by molar-refractivity contribution is 0.715. The van der Waals surface area contributed by atoms with Crippen LogP contribution in [-0.4, -0.2) is 16.5 Å². The average molecular weight is 695 g/mol. The molecule has 0 unspecified atom stereocenters. The van der Waals surface area contributed by atoms with Gasteiger partial charge in [0.2, 0.25) is 0 Å². The van der Waals surface area contributed by atoms with Crippen LogP contribution in [0, 0.1) is 0 Å². The van der Waals surface area contributed by atoms with E-state index in [-0.39, 0.29) is 10.3 Å². The Morgan fingerprint density at radius 3 is 0.808 bits per heavy atom. The average Bonchev–Trinajstić information content (AvgIpc) is 3.17. The quantitative estimate of drug-likeness (QED) is 0.115. The lowest BCUT2D eigenvalue weighted by Crippen LogP contribution is -2.74. The molecule has 0 bridgehead atoms. The number of hydrogen-bond acceptors (Lipinski definition) is 0. The van der Waals surface area contributed by atoms with Crippen molar-refractivity contribution in [2.75, 3.05) is 0 Å². The summed E-state index contributed by atoms with van der Waals surface area (Å²) in [5, 5.41) is 2.10. The fourth-order valence-corrected chi connectivity index (χ4v) is 13.1. The first-order valence-electron chi connectivity index (χ1n) is 18.6. The molecule has 0 spiro atoms. The Morgan fingerprint density at radius 2 is 0.558 bits per heavy atom. The van der Waals surface area contributed by atoms with Gasteiger partial charge in [-0.3, -0.25) is 0 Å². The maximum absolute atomic E-state index is 2.45. The zero-order valence-electron chi connectivity index (χ0n) is 31.6. The fraction of sp³-hybridized carbons (Fsp3) is 0.160. The third-order valence-electron chi connectivity index (χ3n) is 10.1. The summed E-state index contributed by atoms with van der Waals surface area (Å²) in [6.45, 7) is 14.4. The Morgan fingerprint density at radius 1 is 0.308 bits per heavy atom. The molecule has 0 amide bonds. The second-order valence-corrected chi connectivity index (χ2v) is 20.2. The maximum atomic E-state index is 2.45. The van der Waals surface area contributed by atoms with E-state index in [0.717, 1.165) is 0 Å². The van der Waals surface area contributed by atoms with Crippen LogP contribution in [0.15, 0.2) is 200 Å². The molecular formula is C50H52BP. The fourth-order valence-electron chi connectivity index (χ4n) is 8.48. The van der Waals surface area contributed by atoms with E-state index in [1.807, 2.05) is 0 Å². The van der Waals surface area contributed by atoms with Crippen molar-refractivity contribution in [2.45, 2.75) is 51.9 Å². The highest BCUT2D eigenvalue weighted by Crippen LogP contribution is 2.58. The predicted molar refractivity (Wildman–Crippen MR) is 235 cm³/mol. The summed E-state index contributed by atoms with van der Waals surface area (Å²) in [5.41, 5.74) is 10.6. The third kappa shape index (κ3) is 8.23. The highest BCUT2D eigenvalue weighted by Gasteiger charge is 2.44. The molecular weight excluding hydrogens is 642 g/mol. The molecule has 0 atom stereocenters. The van der Waals surface area contributed by atoms with Gasteiger partial charge in [-0.05, 0) is 82.0 Å². The van der Waals surface area contributed by atoms with E-state index in [2.05, 4.69) is 242 Å². The van der Waals surface area contributed by atoms with Crippen molar-refractivity contribution in [3.8, 4) is 22.3 Å². The summed E-state index contributed by atoms with van der Waals surface area (Å²) in [7, 11) is -0.811. The molecule has 0 aliphatic heterocycles. The van der Waals surface area contributed by atoms with Crippen LogP contribution in [0.4, 0.5) is 0 Å². The molecule has 0 aromatic heterocycles. The molecule has 0 aliphatic rings. The molecule has 0 nitrogen and oxygen atoms in total. The second-order valence-electron chi connectivity index (χ2n) is 15.9. The molecule has 7 aromatic carbocycles. The molecule has 7 rings (SSSR count). The summed E-state index contributed by atoms with van der Waals surface area (Å²) in [6, 6.07) is 72.3. The van der Waals surface area contributed by atoms with Gasteiger partial charge in [-0.25, -0.2) is 0 Å². The Balaban J connectivity index is 0.000000179. The number of benzene rings is 7. The normalized spacial score (nSPS) is 11.8. The smallest absolute Gasteiger partial charge is 0.108 e. The van der Waals surface area contributed by atoms with Gasteiger partial charge in [0.15, 0.2) is 0 Å². The van der Waals surface area contributed by atoms with E-state index in [1.54, 1.807) is 0 Å². The van der Waals surface area contributed by atoms with Crippen molar-refractivity contribution in [3.05, 3.63) is 200 Å². The topological polar surface area (TPSA) is 0 Å². The van der Waals surface area contributed by atoms with Gasteiger partial charge in [-0.2, -0.15) is 21.9 Å². The van der Waals surface area contributed by atoms with Crippen LogP contribution < -0.4 is 27.2 Å². The lowest BCUT2D eigenvalue weighted by Gasteiger charge is -2.44. The first kappa shape index (κ1) is 36.8. The summed E-state index contributed by atoms with van der Waals surface area (Å²) in [5.74, 6) is 0. The van der Waals surface area contributed by atoms with E-state index in [0.29, 0.717) is 0 Å². The lowest BCUT2D eigenvalue weighted by atomic mass is 9.13. The number of hydrogen-bond donors (Lipinski definition) is 0. The minimum Gasteiger partial charge on any atom is -0.195 e. The molecule has 0 fully saturated rings. The van der Waals surface area contributed by atoms with Crippen molar-refractivity contribution in [1.29, 1.82) is 0 Å². The van der Waals surface area contributed by atoms with Gasteiger partial charge in [-0.15, -0.1) is 0 Å². The Labute approximate surface area is 314 Å². The maximum Gasteiger partial charge on any atom is 0.108 e. The van der Waals surface area contributed by atoms with Gasteiger partial charge < -0.3 is 0 Å². The van der Waals surface area contributed by atoms with Crippen molar-refractivity contribution in [3.63, 3.8) is 0 Å². The largest absolute Gasteiger partial charge is 0.195 e. The van der Waals surface area contributed by atoms with Crippen LogP contribution in [0.1, 0.15) is 41.5 Å². The molecule has 0 heterocycles. The van der Waals surface area contributed by atoms with Crippen LogP contribution in [0.25, 0.3) is 22.3 Å². The minimum atomic E-state index is -1.22. The molecule has 2 heteroatoms. The van der Waals surface area contributed by atoms with Crippen molar-refractivity contribution in [2.24, 2.45) is 0 Å². The van der Waals surface area contributed by atoms with E-state index in [4.69, 9.17) is 0 Å². The van der Waals surface area contributed by atoms with E-state index in [1.165, 1.54) is 49.4 Å². The SMILES string of the molecule is CC(C)(C)[PH+](c1cc(-c2ccccc2)cc(-c2ccccc2)c1)C(C)(C)C.c1ccc([B-](c2ccccc2)(c2ccccc2)c2ccccc2)cc1. The first-order chi connectivity index (χ1) is 25.1. The predicted octanol–water partition coefficient (Wildman–Crippen LogP) is 10.5. The summed E-state index contributed by atoms with van der Waals surface area (Å²) >= 11 is 0. The van der Waals surface area contributed by atoms with E-state index < -0.39 is 14.1 Å². The molecule has 0 N–H and O–H groups in total. The highest BCUT2D eigenvalue weighted by atomic mass is 31.1. The van der Waals surface area contributed by atoms with Crippen molar-refractivity contribution >= 4 is 41.2 Å². The molecule has 7 aromatic rings. The van der Waals surface area contributed by atoms with Crippen molar-refractivity contribution in [1.82, 2.24) is 0 Å². The van der Waals surface area contributed by atoms with Gasteiger partial charge in [0.1, 0.15) is 6.15 Å². The Bertz CT molecular complexity index is 1880. The van der Waals surface area contributed by atoms with Crippen LogP contribution in [0.3, 0.4) is 0 Å². The number of rotatable bonds is 7. The third-order valence-corrected chi connectivity index (χ3v) is 14.0. The molecule has 0 saturated heterocycles.